The second-order valence-corrected chi connectivity index (χ2v) is 4.75. The number of pyridine rings is 1. The fraction of sp³-hybridized carbons (Fsp3) is 0.0625. The molecule has 0 aliphatic carbocycles. The number of anilines is 2. The molecule has 0 amide bonds. The molecule has 0 aliphatic rings. The van der Waals surface area contributed by atoms with Crippen LogP contribution in [0.5, 0.6) is 17.4 Å². The molecule has 0 atom stereocenters. The van der Waals surface area contributed by atoms with Gasteiger partial charge in [0.2, 0.25) is 5.82 Å². The summed E-state index contributed by atoms with van der Waals surface area (Å²) in [4.78, 5) is 22.7. The molecule has 1 N–H and O–H groups in total. The zero-order chi connectivity index (χ0) is 17.6. The van der Waals surface area contributed by atoms with Crippen LogP contribution in [0.1, 0.15) is 0 Å². The van der Waals surface area contributed by atoms with E-state index in [9.17, 15) is 10.1 Å². The highest BCUT2D eigenvalue weighted by Crippen LogP contribution is 2.38. The average molecular weight is 339 g/mol. The number of nitrogens with zero attached hydrogens (tertiary/aromatic N) is 4. The molecule has 0 bridgehead atoms. The maximum Gasteiger partial charge on any atom is 0.373 e. The van der Waals surface area contributed by atoms with E-state index in [1.165, 1.54) is 19.6 Å². The first kappa shape index (κ1) is 16.1. The molecule has 126 valence electrons. The summed E-state index contributed by atoms with van der Waals surface area (Å²) in [5, 5.41) is 14.4. The van der Waals surface area contributed by atoms with Crippen LogP contribution in [0.25, 0.3) is 0 Å². The molecular formula is C16H13N5O4. The van der Waals surface area contributed by atoms with Crippen LogP contribution in [0.4, 0.5) is 17.2 Å². The first-order valence-corrected chi connectivity index (χ1v) is 7.16. The minimum Gasteiger partial charge on any atom is -0.493 e. The summed E-state index contributed by atoms with van der Waals surface area (Å²) < 4.78 is 10.8. The second kappa shape index (κ2) is 7.21. The number of para-hydroxylation sites is 2. The van der Waals surface area contributed by atoms with E-state index in [1.54, 1.807) is 42.6 Å². The fourth-order valence-electron chi connectivity index (χ4n) is 2.07. The quantitative estimate of drug-likeness (QED) is 0.537. The van der Waals surface area contributed by atoms with E-state index in [2.05, 4.69) is 20.3 Å². The lowest BCUT2D eigenvalue weighted by atomic mass is 10.3. The molecule has 0 saturated heterocycles. The Labute approximate surface area is 142 Å². The number of methoxy groups -OCH3 is 1. The van der Waals surface area contributed by atoms with Crippen molar-refractivity contribution in [2.75, 3.05) is 12.4 Å². The number of hydrogen-bond acceptors (Lipinski definition) is 8. The molecule has 9 nitrogen and oxygen atoms in total. The van der Waals surface area contributed by atoms with E-state index >= 15 is 0 Å². The van der Waals surface area contributed by atoms with Gasteiger partial charge in [-0.25, -0.2) is 4.98 Å². The molecule has 2 aromatic heterocycles. The van der Waals surface area contributed by atoms with Gasteiger partial charge in [-0.1, -0.05) is 12.1 Å². The Morgan fingerprint density at radius 1 is 1.12 bits per heavy atom. The minimum absolute atomic E-state index is 0.00195. The molecule has 3 aromatic rings. The maximum absolute atomic E-state index is 11.5. The first-order chi connectivity index (χ1) is 12.2. The lowest BCUT2D eigenvalue weighted by molar-refractivity contribution is -0.385. The highest BCUT2D eigenvalue weighted by Gasteiger charge is 2.26. The largest absolute Gasteiger partial charge is 0.493 e. The van der Waals surface area contributed by atoms with Crippen molar-refractivity contribution in [1.82, 2.24) is 15.0 Å². The predicted octanol–water partition coefficient (Wildman–Crippen LogP) is 3.32. The molecule has 2 heterocycles. The Balaban J connectivity index is 1.99. The molecule has 0 fully saturated rings. The van der Waals surface area contributed by atoms with E-state index in [-0.39, 0.29) is 11.7 Å². The van der Waals surface area contributed by atoms with Crippen LogP contribution in [-0.4, -0.2) is 27.0 Å². The molecule has 25 heavy (non-hydrogen) atoms. The van der Waals surface area contributed by atoms with Crippen molar-refractivity contribution in [3.63, 3.8) is 0 Å². The van der Waals surface area contributed by atoms with Crippen molar-refractivity contribution in [2.24, 2.45) is 0 Å². The summed E-state index contributed by atoms with van der Waals surface area (Å²) in [6.45, 7) is 0. The smallest absolute Gasteiger partial charge is 0.373 e. The van der Waals surface area contributed by atoms with E-state index in [0.29, 0.717) is 17.2 Å². The van der Waals surface area contributed by atoms with Crippen LogP contribution in [0.2, 0.25) is 0 Å². The molecule has 0 spiro atoms. The van der Waals surface area contributed by atoms with E-state index in [4.69, 9.17) is 9.47 Å². The predicted molar refractivity (Wildman–Crippen MR) is 89.3 cm³/mol. The molecule has 9 heteroatoms. The van der Waals surface area contributed by atoms with Crippen LogP contribution >= 0.6 is 0 Å². The van der Waals surface area contributed by atoms with Crippen molar-refractivity contribution in [1.29, 1.82) is 0 Å². The SMILES string of the molecule is COc1ccccc1Oc1ncnc(Nc2cccnc2)c1[N+](=O)[O-]. The number of rotatable bonds is 6. The maximum atomic E-state index is 11.5. The number of aromatic nitrogens is 3. The van der Waals surface area contributed by atoms with Crippen molar-refractivity contribution >= 4 is 17.2 Å². The third kappa shape index (κ3) is 3.61. The van der Waals surface area contributed by atoms with E-state index in [0.717, 1.165) is 0 Å². The van der Waals surface area contributed by atoms with Crippen molar-refractivity contribution in [2.45, 2.75) is 0 Å². The number of nitrogens with one attached hydrogen (secondary N) is 1. The summed E-state index contributed by atoms with van der Waals surface area (Å²) in [5.41, 5.74) is 0.157. The van der Waals surface area contributed by atoms with Gasteiger partial charge in [0.05, 0.1) is 23.9 Å². The van der Waals surface area contributed by atoms with Gasteiger partial charge in [-0.05, 0) is 24.3 Å². The Hall–Kier alpha value is -3.75. The van der Waals surface area contributed by atoms with Crippen molar-refractivity contribution in [3.05, 3.63) is 65.2 Å². The van der Waals surface area contributed by atoms with Crippen LogP contribution in [0, 0.1) is 10.1 Å². The van der Waals surface area contributed by atoms with Crippen LogP contribution < -0.4 is 14.8 Å². The average Bonchev–Trinajstić information content (AvgIpc) is 2.63. The van der Waals surface area contributed by atoms with Crippen LogP contribution in [-0.2, 0) is 0 Å². The molecule has 0 radical (unpaired) electrons. The highest BCUT2D eigenvalue weighted by atomic mass is 16.6. The molecule has 0 saturated carbocycles. The number of benzene rings is 1. The van der Waals surface area contributed by atoms with Gasteiger partial charge < -0.3 is 14.8 Å². The second-order valence-electron chi connectivity index (χ2n) is 4.75. The van der Waals surface area contributed by atoms with Gasteiger partial charge in [0.1, 0.15) is 6.33 Å². The molecule has 1 aromatic carbocycles. The Bertz CT molecular complexity index is 889. The number of nitro groups is 1. The summed E-state index contributed by atoms with van der Waals surface area (Å²) in [6.07, 6.45) is 4.29. The Kier molecular flexibility index (Phi) is 4.65. The molecule has 0 aliphatic heterocycles. The zero-order valence-electron chi connectivity index (χ0n) is 13.1. The van der Waals surface area contributed by atoms with Gasteiger partial charge in [0.25, 0.3) is 0 Å². The van der Waals surface area contributed by atoms with Crippen LogP contribution in [0.15, 0.2) is 55.1 Å². The topological polar surface area (TPSA) is 112 Å². The first-order valence-electron chi connectivity index (χ1n) is 7.16. The van der Waals surface area contributed by atoms with E-state index < -0.39 is 10.6 Å². The summed E-state index contributed by atoms with van der Waals surface area (Å²) in [6, 6.07) is 10.2. The van der Waals surface area contributed by atoms with Gasteiger partial charge in [-0.3, -0.25) is 15.1 Å². The standard InChI is InChI=1S/C16H13N5O4/c1-24-12-6-2-3-7-13(12)25-16-14(21(22)23)15(18-10-19-16)20-11-5-4-8-17-9-11/h2-10H,1H3,(H,18,19,20). The summed E-state index contributed by atoms with van der Waals surface area (Å²) >= 11 is 0. The van der Waals surface area contributed by atoms with Gasteiger partial charge in [0, 0.05) is 6.20 Å². The van der Waals surface area contributed by atoms with Gasteiger partial charge in [-0.2, -0.15) is 4.98 Å². The zero-order valence-corrected chi connectivity index (χ0v) is 13.1. The van der Waals surface area contributed by atoms with Gasteiger partial charge in [0.15, 0.2) is 11.5 Å². The normalized spacial score (nSPS) is 10.1. The van der Waals surface area contributed by atoms with E-state index in [1.807, 2.05) is 0 Å². The third-order valence-corrected chi connectivity index (χ3v) is 3.17. The summed E-state index contributed by atoms with van der Waals surface area (Å²) in [7, 11) is 1.48. The van der Waals surface area contributed by atoms with Gasteiger partial charge >= 0.3 is 11.6 Å². The van der Waals surface area contributed by atoms with Crippen molar-refractivity contribution < 1.29 is 14.4 Å². The monoisotopic (exact) mass is 339 g/mol. The molecule has 3 rings (SSSR count). The number of hydrogen-bond donors (Lipinski definition) is 1. The Morgan fingerprint density at radius 3 is 2.60 bits per heavy atom. The Morgan fingerprint density at radius 2 is 1.92 bits per heavy atom. The third-order valence-electron chi connectivity index (χ3n) is 3.17. The van der Waals surface area contributed by atoms with Crippen LogP contribution in [0.3, 0.4) is 0 Å². The van der Waals surface area contributed by atoms with Crippen molar-refractivity contribution in [3.8, 4) is 17.4 Å². The van der Waals surface area contributed by atoms with Gasteiger partial charge in [-0.15, -0.1) is 0 Å². The fourth-order valence-corrected chi connectivity index (χ4v) is 2.07. The summed E-state index contributed by atoms with van der Waals surface area (Å²) in [5.74, 6) is 0.532. The minimum atomic E-state index is -0.608. The lowest BCUT2D eigenvalue weighted by Crippen LogP contribution is -2.04. The lowest BCUT2D eigenvalue weighted by Gasteiger charge is -2.11. The number of ether oxygens (including phenoxy) is 2. The molecule has 0 unspecified atom stereocenters. The highest BCUT2D eigenvalue weighted by molar-refractivity contribution is 5.68. The molecular weight excluding hydrogens is 326 g/mol.